The Bertz CT molecular complexity index is 896. The Morgan fingerprint density at radius 2 is 1.61 bits per heavy atom. The summed E-state index contributed by atoms with van der Waals surface area (Å²) in [7, 11) is 0. The number of hydrogen-bond acceptors (Lipinski definition) is 5. The van der Waals surface area contributed by atoms with Gasteiger partial charge in [-0.3, -0.25) is 4.79 Å². The van der Waals surface area contributed by atoms with E-state index in [1.165, 1.54) is 0 Å². The van der Waals surface area contributed by atoms with Gasteiger partial charge in [0.25, 0.3) is 0 Å². The van der Waals surface area contributed by atoms with Crippen molar-refractivity contribution >= 4 is 18.0 Å². The Hall–Kier alpha value is -3.35. The lowest BCUT2D eigenvalue weighted by atomic mass is 9.98. The molecule has 0 aromatic heterocycles. The molecular formula is C24H27NO6. The summed E-state index contributed by atoms with van der Waals surface area (Å²) in [6.07, 6.45) is 0.670. The Morgan fingerprint density at radius 1 is 1.00 bits per heavy atom. The number of benzene rings is 2. The molecule has 1 amide bonds. The zero-order chi connectivity index (χ0) is 22.2. The number of carbonyl (C=O) groups is 3. The van der Waals surface area contributed by atoms with Gasteiger partial charge in [0.2, 0.25) is 0 Å². The van der Waals surface area contributed by atoms with Crippen molar-refractivity contribution < 1.29 is 29.0 Å². The fraction of sp³-hybridized carbons (Fsp3) is 0.375. The first kappa shape index (κ1) is 22.3. The maximum atomic E-state index is 12.3. The van der Waals surface area contributed by atoms with Crippen molar-refractivity contribution in [2.24, 2.45) is 0 Å². The third-order valence-electron chi connectivity index (χ3n) is 5.33. The van der Waals surface area contributed by atoms with E-state index in [-0.39, 0.29) is 25.4 Å². The quantitative estimate of drug-likeness (QED) is 0.439. The van der Waals surface area contributed by atoms with Crippen LogP contribution in [0, 0.1) is 0 Å². The van der Waals surface area contributed by atoms with E-state index in [1.807, 2.05) is 55.5 Å². The lowest BCUT2D eigenvalue weighted by Crippen LogP contribution is -2.41. The SMILES string of the molecule is CCCCOC(=O)CC[C@H](NC(=O)OCC1c2ccccc2-c2ccccc21)C(=O)O. The number of esters is 1. The van der Waals surface area contributed by atoms with Crippen molar-refractivity contribution in [3.05, 3.63) is 59.7 Å². The molecule has 0 radical (unpaired) electrons. The highest BCUT2D eigenvalue weighted by Gasteiger charge is 2.29. The number of alkyl carbamates (subject to hydrolysis) is 1. The van der Waals surface area contributed by atoms with Crippen LogP contribution in [0.15, 0.2) is 48.5 Å². The minimum Gasteiger partial charge on any atom is -0.480 e. The van der Waals surface area contributed by atoms with Gasteiger partial charge in [-0.15, -0.1) is 0 Å². The molecule has 2 aromatic carbocycles. The first-order valence-electron chi connectivity index (χ1n) is 10.5. The number of fused-ring (bicyclic) bond motifs is 3. The molecule has 0 bridgehead atoms. The van der Waals surface area contributed by atoms with Gasteiger partial charge in [0.15, 0.2) is 0 Å². The van der Waals surface area contributed by atoms with Crippen LogP contribution in [0.3, 0.4) is 0 Å². The van der Waals surface area contributed by atoms with Gasteiger partial charge in [0.05, 0.1) is 6.61 Å². The molecule has 0 aliphatic heterocycles. The van der Waals surface area contributed by atoms with E-state index in [1.54, 1.807) is 0 Å². The number of aliphatic carboxylic acids is 1. The smallest absolute Gasteiger partial charge is 0.407 e. The predicted molar refractivity (Wildman–Crippen MR) is 115 cm³/mol. The molecule has 2 aromatic rings. The van der Waals surface area contributed by atoms with Gasteiger partial charge >= 0.3 is 18.0 Å². The van der Waals surface area contributed by atoms with Crippen LogP contribution in [0.1, 0.15) is 49.7 Å². The number of carboxylic acid groups (broad SMARTS) is 1. The summed E-state index contributed by atoms with van der Waals surface area (Å²) in [5, 5.41) is 11.7. The van der Waals surface area contributed by atoms with E-state index in [2.05, 4.69) is 5.32 Å². The van der Waals surface area contributed by atoms with Crippen molar-refractivity contribution in [3.63, 3.8) is 0 Å². The van der Waals surface area contributed by atoms with E-state index in [0.29, 0.717) is 6.61 Å². The molecule has 3 rings (SSSR count). The fourth-order valence-corrected chi connectivity index (χ4v) is 3.70. The summed E-state index contributed by atoms with van der Waals surface area (Å²) in [6, 6.07) is 14.7. The molecule has 1 atom stereocenters. The molecule has 31 heavy (non-hydrogen) atoms. The molecule has 164 valence electrons. The van der Waals surface area contributed by atoms with Gasteiger partial charge in [-0.25, -0.2) is 9.59 Å². The summed E-state index contributed by atoms with van der Waals surface area (Å²) >= 11 is 0. The van der Waals surface area contributed by atoms with E-state index in [4.69, 9.17) is 9.47 Å². The van der Waals surface area contributed by atoms with Crippen LogP contribution in [-0.4, -0.2) is 42.4 Å². The second-order valence-corrected chi connectivity index (χ2v) is 7.47. The molecule has 1 aliphatic rings. The normalized spacial score (nSPS) is 13.1. The molecular weight excluding hydrogens is 398 g/mol. The zero-order valence-electron chi connectivity index (χ0n) is 17.5. The maximum Gasteiger partial charge on any atom is 0.407 e. The molecule has 0 heterocycles. The van der Waals surface area contributed by atoms with E-state index in [0.717, 1.165) is 35.1 Å². The molecule has 0 spiro atoms. The first-order chi connectivity index (χ1) is 15.0. The van der Waals surface area contributed by atoms with Crippen LogP contribution < -0.4 is 5.32 Å². The van der Waals surface area contributed by atoms with Crippen LogP contribution in [-0.2, 0) is 19.1 Å². The number of carbonyl (C=O) groups excluding carboxylic acids is 2. The van der Waals surface area contributed by atoms with Gasteiger partial charge in [-0.2, -0.15) is 0 Å². The van der Waals surface area contributed by atoms with Crippen LogP contribution in [0.5, 0.6) is 0 Å². The molecule has 0 saturated carbocycles. The number of rotatable bonds is 10. The van der Waals surface area contributed by atoms with Gasteiger partial charge in [0, 0.05) is 12.3 Å². The molecule has 7 nitrogen and oxygen atoms in total. The van der Waals surface area contributed by atoms with Crippen molar-refractivity contribution in [1.29, 1.82) is 0 Å². The molecule has 2 N–H and O–H groups in total. The maximum absolute atomic E-state index is 12.3. The highest BCUT2D eigenvalue weighted by atomic mass is 16.5. The van der Waals surface area contributed by atoms with Crippen molar-refractivity contribution in [2.45, 2.75) is 44.6 Å². The standard InChI is InChI=1S/C24H27NO6/c1-2-3-14-30-22(26)13-12-21(23(27)28)25-24(29)31-15-20-18-10-6-4-8-16(18)17-9-5-7-11-19(17)20/h4-11,20-21H,2-3,12-15H2,1H3,(H,25,29)(H,27,28)/t21-/m0/s1. The summed E-state index contributed by atoms with van der Waals surface area (Å²) in [5.74, 6) is -1.82. The van der Waals surface area contributed by atoms with Crippen LogP contribution in [0.25, 0.3) is 11.1 Å². The van der Waals surface area contributed by atoms with Crippen molar-refractivity contribution in [3.8, 4) is 11.1 Å². The Labute approximate surface area is 181 Å². The third-order valence-corrected chi connectivity index (χ3v) is 5.33. The van der Waals surface area contributed by atoms with Gasteiger partial charge in [-0.1, -0.05) is 61.9 Å². The Balaban J connectivity index is 1.55. The highest BCUT2D eigenvalue weighted by Crippen LogP contribution is 2.44. The Kier molecular flexibility index (Phi) is 7.65. The summed E-state index contributed by atoms with van der Waals surface area (Å²) in [4.78, 5) is 35.5. The largest absolute Gasteiger partial charge is 0.480 e. The predicted octanol–water partition coefficient (Wildman–Crippen LogP) is 4.10. The fourth-order valence-electron chi connectivity index (χ4n) is 3.70. The van der Waals surface area contributed by atoms with Gasteiger partial charge in [-0.05, 0) is 35.1 Å². The average Bonchev–Trinajstić information content (AvgIpc) is 3.09. The molecule has 1 aliphatic carbocycles. The summed E-state index contributed by atoms with van der Waals surface area (Å²) in [6.45, 7) is 2.38. The minimum atomic E-state index is -1.23. The topological polar surface area (TPSA) is 102 Å². The molecule has 0 saturated heterocycles. The third kappa shape index (κ3) is 5.63. The van der Waals surface area contributed by atoms with E-state index in [9.17, 15) is 19.5 Å². The Morgan fingerprint density at radius 3 is 2.19 bits per heavy atom. The monoisotopic (exact) mass is 425 g/mol. The number of ether oxygens (including phenoxy) is 2. The second-order valence-electron chi connectivity index (χ2n) is 7.47. The number of carboxylic acids is 1. The van der Waals surface area contributed by atoms with Crippen molar-refractivity contribution in [2.75, 3.05) is 13.2 Å². The highest BCUT2D eigenvalue weighted by molar-refractivity contribution is 5.81. The number of nitrogens with one attached hydrogen (secondary N) is 1. The lowest BCUT2D eigenvalue weighted by molar-refractivity contribution is -0.144. The van der Waals surface area contributed by atoms with Crippen LogP contribution in [0.4, 0.5) is 4.79 Å². The lowest BCUT2D eigenvalue weighted by Gasteiger charge is -2.17. The van der Waals surface area contributed by atoms with Crippen LogP contribution >= 0.6 is 0 Å². The zero-order valence-corrected chi connectivity index (χ0v) is 17.5. The van der Waals surface area contributed by atoms with Gasteiger partial charge in [0.1, 0.15) is 12.6 Å². The molecule has 7 heteroatoms. The first-order valence-corrected chi connectivity index (χ1v) is 10.5. The van der Waals surface area contributed by atoms with Crippen LogP contribution in [0.2, 0.25) is 0 Å². The van der Waals surface area contributed by atoms with E-state index >= 15 is 0 Å². The number of amides is 1. The summed E-state index contributed by atoms with van der Waals surface area (Å²) in [5.41, 5.74) is 4.36. The van der Waals surface area contributed by atoms with Crippen molar-refractivity contribution in [1.82, 2.24) is 5.32 Å². The molecule has 0 unspecified atom stereocenters. The molecule has 0 fully saturated rings. The van der Waals surface area contributed by atoms with E-state index < -0.39 is 24.1 Å². The number of unbranched alkanes of at least 4 members (excludes halogenated alkanes) is 1. The number of hydrogen-bond donors (Lipinski definition) is 2. The average molecular weight is 425 g/mol. The second kappa shape index (κ2) is 10.6. The van der Waals surface area contributed by atoms with Gasteiger partial charge < -0.3 is 19.9 Å². The minimum absolute atomic E-state index is 0.0650. The summed E-state index contributed by atoms with van der Waals surface area (Å²) < 4.78 is 10.4.